The Hall–Kier alpha value is -0.610. The summed E-state index contributed by atoms with van der Waals surface area (Å²) in [5.41, 5.74) is 0. The van der Waals surface area contributed by atoms with Gasteiger partial charge in [-0.3, -0.25) is 0 Å². The van der Waals surface area contributed by atoms with Crippen LogP contribution in [-0.2, 0) is 9.53 Å². The maximum Gasteiger partial charge on any atom is 0.331 e. The van der Waals surface area contributed by atoms with Gasteiger partial charge in [0.2, 0.25) is 0 Å². The molecule has 4 heteroatoms. The van der Waals surface area contributed by atoms with Crippen LogP contribution in [0.5, 0.6) is 0 Å². The number of hydrogen-bond acceptors (Lipinski definition) is 4. The standard InChI is InChI=1S/C3H6O3.CH4O.CH4/c1-6-3(5)2-4;1-2;/h4H,2H2,1H3;2H,1H3;1H4. The molecule has 0 saturated heterocycles. The molecule has 0 aromatic heterocycles. The van der Waals surface area contributed by atoms with E-state index < -0.39 is 12.6 Å². The summed E-state index contributed by atoms with van der Waals surface area (Å²) < 4.78 is 4.01. The molecule has 0 spiro atoms. The summed E-state index contributed by atoms with van der Waals surface area (Å²) in [6, 6.07) is 0. The summed E-state index contributed by atoms with van der Waals surface area (Å²) in [4.78, 5) is 9.71. The minimum absolute atomic E-state index is 0. The molecule has 0 fully saturated rings. The molecule has 0 atom stereocenters. The van der Waals surface area contributed by atoms with Crippen LogP contribution in [0.15, 0.2) is 0 Å². The van der Waals surface area contributed by atoms with Crippen LogP contribution in [0.25, 0.3) is 0 Å². The van der Waals surface area contributed by atoms with Crippen LogP contribution in [0.1, 0.15) is 7.43 Å². The number of esters is 1. The van der Waals surface area contributed by atoms with Crippen molar-refractivity contribution in [1.82, 2.24) is 0 Å². The van der Waals surface area contributed by atoms with E-state index in [4.69, 9.17) is 10.2 Å². The van der Waals surface area contributed by atoms with Crippen LogP contribution in [-0.4, -0.2) is 37.0 Å². The van der Waals surface area contributed by atoms with Crippen LogP contribution in [0.4, 0.5) is 0 Å². The van der Waals surface area contributed by atoms with E-state index in [0.29, 0.717) is 0 Å². The molecule has 0 aromatic carbocycles. The summed E-state index contributed by atoms with van der Waals surface area (Å²) in [5, 5.41) is 14.9. The summed E-state index contributed by atoms with van der Waals surface area (Å²) in [5.74, 6) is -0.602. The Balaban J connectivity index is -0.000000109. The topological polar surface area (TPSA) is 66.8 Å². The number of aliphatic hydroxyl groups is 2. The molecule has 9 heavy (non-hydrogen) atoms. The maximum absolute atomic E-state index is 9.71. The lowest BCUT2D eigenvalue weighted by molar-refractivity contribution is -0.143. The fourth-order valence-corrected chi connectivity index (χ4v) is 0.0645. The third kappa shape index (κ3) is 18.7. The first-order valence-electron chi connectivity index (χ1n) is 1.93. The third-order valence-corrected chi connectivity index (χ3v) is 0.357. The van der Waals surface area contributed by atoms with Gasteiger partial charge in [-0.05, 0) is 0 Å². The molecule has 2 N–H and O–H groups in total. The number of methoxy groups -OCH3 is 1. The van der Waals surface area contributed by atoms with E-state index in [0.717, 1.165) is 7.11 Å². The van der Waals surface area contributed by atoms with E-state index in [9.17, 15) is 4.79 Å². The Bertz CT molecular complexity index is 46.9. The zero-order chi connectivity index (χ0) is 6.99. The summed E-state index contributed by atoms with van der Waals surface area (Å²) >= 11 is 0. The molecule has 4 nitrogen and oxygen atoms in total. The van der Waals surface area contributed by atoms with Gasteiger partial charge in [-0.2, -0.15) is 0 Å². The highest BCUT2D eigenvalue weighted by molar-refractivity contribution is 5.70. The first-order chi connectivity index (χ1) is 3.81. The number of ether oxygens (including phenoxy) is 1. The van der Waals surface area contributed by atoms with Crippen molar-refractivity contribution in [2.45, 2.75) is 7.43 Å². The largest absolute Gasteiger partial charge is 0.467 e. The normalized spacial score (nSPS) is 5.78. The van der Waals surface area contributed by atoms with Crippen LogP contribution in [0, 0.1) is 0 Å². The molecule has 0 aliphatic carbocycles. The van der Waals surface area contributed by atoms with Gasteiger partial charge in [-0.1, -0.05) is 7.43 Å². The average molecular weight is 138 g/mol. The molecule has 0 heterocycles. The van der Waals surface area contributed by atoms with Gasteiger partial charge in [-0.15, -0.1) is 0 Å². The Morgan fingerprint density at radius 3 is 1.89 bits per heavy atom. The van der Waals surface area contributed by atoms with E-state index in [2.05, 4.69) is 4.74 Å². The number of carbonyl (C=O) groups is 1. The molecule has 0 unspecified atom stereocenters. The second-order valence-corrected chi connectivity index (χ2v) is 0.734. The summed E-state index contributed by atoms with van der Waals surface area (Å²) in [6.07, 6.45) is 0. The molecule has 0 rings (SSSR count). The Labute approximate surface area is 55.1 Å². The van der Waals surface area contributed by atoms with Gasteiger partial charge in [0.05, 0.1) is 7.11 Å². The molecular weight excluding hydrogens is 124 g/mol. The number of hydrogen-bond donors (Lipinski definition) is 2. The third-order valence-electron chi connectivity index (χ3n) is 0.357. The quantitative estimate of drug-likeness (QED) is 0.475. The van der Waals surface area contributed by atoms with Gasteiger partial charge < -0.3 is 14.9 Å². The van der Waals surface area contributed by atoms with Crippen molar-refractivity contribution in [3.05, 3.63) is 0 Å². The lowest BCUT2D eigenvalue weighted by atomic mass is 10.8. The van der Waals surface area contributed by atoms with E-state index >= 15 is 0 Å². The van der Waals surface area contributed by atoms with Crippen molar-refractivity contribution < 1.29 is 19.7 Å². The first kappa shape index (κ1) is 15.8. The van der Waals surface area contributed by atoms with E-state index in [1.165, 1.54) is 7.11 Å². The smallest absolute Gasteiger partial charge is 0.331 e. The van der Waals surface area contributed by atoms with Crippen LogP contribution in [0.2, 0.25) is 0 Å². The molecule has 0 aromatic rings. The number of carbonyl (C=O) groups excluding carboxylic acids is 1. The fraction of sp³-hybridized carbons (Fsp3) is 0.800. The molecule has 0 amide bonds. The van der Waals surface area contributed by atoms with Crippen molar-refractivity contribution >= 4 is 5.97 Å². The van der Waals surface area contributed by atoms with Crippen molar-refractivity contribution in [3.8, 4) is 0 Å². The second kappa shape index (κ2) is 15.7. The highest BCUT2D eigenvalue weighted by atomic mass is 16.5. The highest BCUT2D eigenvalue weighted by Crippen LogP contribution is 1.63. The van der Waals surface area contributed by atoms with Gasteiger partial charge in [0.1, 0.15) is 6.61 Å². The summed E-state index contributed by atoms with van der Waals surface area (Å²) in [6.45, 7) is -0.531. The zero-order valence-corrected chi connectivity index (χ0v) is 4.92. The van der Waals surface area contributed by atoms with Crippen LogP contribution < -0.4 is 0 Å². The Morgan fingerprint density at radius 1 is 1.56 bits per heavy atom. The van der Waals surface area contributed by atoms with Gasteiger partial charge in [0.15, 0.2) is 0 Å². The average Bonchev–Trinajstić information content (AvgIpc) is 1.91. The Morgan fingerprint density at radius 2 is 1.89 bits per heavy atom. The van der Waals surface area contributed by atoms with Gasteiger partial charge >= 0.3 is 5.97 Å². The predicted molar refractivity (Wildman–Crippen MR) is 34.0 cm³/mol. The predicted octanol–water partition coefficient (Wildman–Crippen LogP) is -0.604. The monoisotopic (exact) mass is 138 g/mol. The van der Waals surface area contributed by atoms with Crippen LogP contribution >= 0.6 is 0 Å². The van der Waals surface area contributed by atoms with Gasteiger partial charge in [0, 0.05) is 7.11 Å². The SMILES string of the molecule is C.CO.COC(=O)CO. The van der Waals surface area contributed by atoms with Crippen molar-refractivity contribution in [1.29, 1.82) is 0 Å². The highest BCUT2D eigenvalue weighted by Gasteiger charge is 1.89. The number of rotatable bonds is 1. The summed E-state index contributed by atoms with van der Waals surface area (Å²) in [7, 11) is 2.22. The van der Waals surface area contributed by atoms with E-state index in [-0.39, 0.29) is 7.43 Å². The lowest BCUT2D eigenvalue weighted by Gasteiger charge is -1.86. The van der Waals surface area contributed by atoms with Crippen molar-refractivity contribution in [2.75, 3.05) is 20.8 Å². The molecule has 0 aliphatic rings. The van der Waals surface area contributed by atoms with Crippen molar-refractivity contribution in [2.24, 2.45) is 0 Å². The minimum atomic E-state index is -0.602. The second-order valence-electron chi connectivity index (χ2n) is 0.734. The maximum atomic E-state index is 9.71. The minimum Gasteiger partial charge on any atom is -0.467 e. The molecular formula is C5H14O4. The zero-order valence-electron chi connectivity index (χ0n) is 4.92. The van der Waals surface area contributed by atoms with E-state index in [1.54, 1.807) is 0 Å². The molecule has 0 bridgehead atoms. The number of aliphatic hydroxyl groups excluding tert-OH is 2. The van der Waals surface area contributed by atoms with E-state index in [1.807, 2.05) is 0 Å². The molecule has 0 saturated carbocycles. The van der Waals surface area contributed by atoms with Crippen LogP contribution in [0.3, 0.4) is 0 Å². The van der Waals surface area contributed by atoms with Gasteiger partial charge in [-0.25, -0.2) is 4.79 Å². The molecule has 58 valence electrons. The lowest BCUT2D eigenvalue weighted by Crippen LogP contribution is -2.04. The van der Waals surface area contributed by atoms with Gasteiger partial charge in [0.25, 0.3) is 0 Å². The first-order valence-corrected chi connectivity index (χ1v) is 1.93. The molecule has 0 radical (unpaired) electrons. The van der Waals surface area contributed by atoms with Crippen molar-refractivity contribution in [3.63, 3.8) is 0 Å². The Kier molecular flexibility index (Phi) is 27.4. The fourth-order valence-electron chi connectivity index (χ4n) is 0.0645. The molecule has 0 aliphatic heterocycles.